The number of ether oxygens (including phenoxy) is 2. The second-order valence-electron chi connectivity index (χ2n) is 4.67. The summed E-state index contributed by atoms with van der Waals surface area (Å²) in [5.74, 6) is -1.08. The van der Waals surface area contributed by atoms with Gasteiger partial charge in [0.1, 0.15) is 6.61 Å². The molecule has 0 spiro atoms. The van der Waals surface area contributed by atoms with Crippen LogP contribution in [0.25, 0.3) is 0 Å². The van der Waals surface area contributed by atoms with Gasteiger partial charge in [-0.15, -0.1) is 0 Å². The van der Waals surface area contributed by atoms with Gasteiger partial charge in [0.15, 0.2) is 0 Å². The van der Waals surface area contributed by atoms with Crippen molar-refractivity contribution >= 4 is 6.09 Å². The van der Waals surface area contributed by atoms with E-state index in [4.69, 9.17) is 9.47 Å². The predicted molar refractivity (Wildman–Crippen MR) is 73.0 cm³/mol. The molecule has 0 unspecified atom stereocenters. The maximum absolute atomic E-state index is 12.9. The monoisotopic (exact) mass is 297 g/mol. The minimum atomic E-state index is -2.58. The molecule has 0 saturated heterocycles. The van der Waals surface area contributed by atoms with Crippen molar-refractivity contribution in [3.8, 4) is 0 Å². The van der Waals surface area contributed by atoms with E-state index in [-0.39, 0.29) is 13.2 Å². The molecule has 114 valence electrons. The van der Waals surface area contributed by atoms with Crippen molar-refractivity contribution < 1.29 is 23.0 Å². The topological polar surface area (TPSA) is 47.6 Å². The van der Waals surface area contributed by atoms with E-state index in [0.717, 1.165) is 5.56 Å². The largest absolute Gasteiger partial charge is 0.445 e. The van der Waals surface area contributed by atoms with Crippen LogP contribution >= 0.6 is 0 Å². The van der Waals surface area contributed by atoms with E-state index in [1.807, 2.05) is 30.3 Å². The zero-order valence-electron chi connectivity index (χ0n) is 11.4. The number of alkyl halides is 2. The van der Waals surface area contributed by atoms with Crippen LogP contribution in [0.3, 0.4) is 0 Å². The molecule has 1 aliphatic heterocycles. The van der Waals surface area contributed by atoms with Crippen LogP contribution in [-0.2, 0) is 16.1 Å². The van der Waals surface area contributed by atoms with Crippen LogP contribution in [0.5, 0.6) is 0 Å². The average Bonchev–Trinajstić information content (AvgIpc) is 3.00. The van der Waals surface area contributed by atoms with Crippen molar-refractivity contribution in [2.24, 2.45) is 5.92 Å². The Hall–Kier alpha value is -1.95. The summed E-state index contributed by atoms with van der Waals surface area (Å²) in [6.07, 6.45) is -0.681. The van der Waals surface area contributed by atoms with E-state index in [1.54, 1.807) is 12.2 Å². The Morgan fingerprint density at radius 1 is 1.38 bits per heavy atom. The molecule has 2 atom stereocenters. The molecular formula is C15H17F2NO3. The second kappa shape index (κ2) is 7.73. The van der Waals surface area contributed by atoms with Crippen molar-refractivity contribution in [3.63, 3.8) is 0 Å². The van der Waals surface area contributed by atoms with Gasteiger partial charge < -0.3 is 14.8 Å². The number of amides is 1. The third kappa shape index (κ3) is 4.82. The molecule has 1 heterocycles. The lowest BCUT2D eigenvalue weighted by atomic mass is 10.0. The summed E-state index contributed by atoms with van der Waals surface area (Å²) >= 11 is 0. The molecule has 21 heavy (non-hydrogen) atoms. The van der Waals surface area contributed by atoms with Gasteiger partial charge in [-0.2, -0.15) is 0 Å². The number of halogens is 2. The zero-order valence-corrected chi connectivity index (χ0v) is 11.4. The maximum Gasteiger partial charge on any atom is 0.407 e. The fraction of sp³-hybridized carbons (Fsp3) is 0.400. The van der Waals surface area contributed by atoms with Gasteiger partial charge in [0.05, 0.1) is 18.6 Å². The maximum atomic E-state index is 12.9. The number of hydrogen-bond donors (Lipinski definition) is 1. The number of carbonyl (C=O) groups is 1. The predicted octanol–water partition coefficient (Wildman–Crippen LogP) is 2.75. The normalized spacial score (nSPS) is 18.7. The van der Waals surface area contributed by atoms with Crippen molar-refractivity contribution in [2.45, 2.75) is 19.1 Å². The fourth-order valence-corrected chi connectivity index (χ4v) is 2.00. The third-order valence-corrected chi connectivity index (χ3v) is 3.15. The first-order chi connectivity index (χ1) is 10.2. The van der Waals surface area contributed by atoms with Gasteiger partial charge >= 0.3 is 6.09 Å². The molecule has 1 aliphatic rings. The Bertz CT molecular complexity index is 479. The van der Waals surface area contributed by atoms with E-state index in [1.165, 1.54) is 0 Å². The van der Waals surface area contributed by atoms with Gasteiger partial charge in [0.2, 0.25) is 6.43 Å². The van der Waals surface area contributed by atoms with Gasteiger partial charge in [-0.05, 0) is 5.56 Å². The SMILES string of the molecule is O=C(NC[C@H](C(F)F)[C@H]1C=CCO1)OCc1ccccc1. The molecule has 1 aromatic carbocycles. The number of hydrogen-bond acceptors (Lipinski definition) is 3. The van der Waals surface area contributed by atoms with Crippen LogP contribution in [0, 0.1) is 5.92 Å². The quantitative estimate of drug-likeness (QED) is 0.821. The van der Waals surface area contributed by atoms with E-state index in [2.05, 4.69) is 5.32 Å². The molecule has 0 fully saturated rings. The first-order valence-electron chi connectivity index (χ1n) is 6.68. The number of benzene rings is 1. The Balaban J connectivity index is 1.75. The Morgan fingerprint density at radius 3 is 2.76 bits per heavy atom. The molecule has 0 radical (unpaired) electrons. The summed E-state index contributed by atoms with van der Waals surface area (Å²) in [6.45, 7) is 0.235. The van der Waals surface area contributed by atoms with E-state index in [9.17, 15) is 13.6 Å². The highest BCUT2D eigenvalue weighted by molar-refractivity contribution is 5.67. The lowest BCUT2D eigenvalue weighted by molar-refractivity contribution is -0.00938. The summed E-state index contributed by atoms with van der Waals surface area (Å²) in [7, 11) is 0. The Kier molecular flexibility index (Phi) is 5.68. The van der Waals surface area contributed by atoms with Crippen LogP contribution in [0.15, 0.2) is 42.5 Å². The number of carbonyl (C=O) groups excluding carboxylic acids is 1. The Morgan fingerprint density at radius 2 is 2.14 bits per heavy atom. The first kappa shape index (κ1) is 15.4. The summed E-state index contributed by atoms with van der Waals surface area (Å²) in [5.41, 5.74) is 0.833. The molecule has 1 amide bonds. The molecule has 1 aromatic rings. The van der Waals surface area contributed by atoms with Crippen molar-refractivity contribution in [3.05, 3.63) is 48.0 Å². The lowest BCUT2D eigenvalue weighted by Crippen LogP contribution is -2.38. The number of rotatable bonds is 6. The van der Waals surface area contributed by atoms with E-state index < -0.39 is 24.5 Å². The first-order valence-corrected chi connectivity index (χ1v) is 6.68. The van der Waals surface area contributed by atoms with E-state index >= 15 is 0 Å². The summed E-state index contributed by atoms with van der Waals surface area (Å²) in [5, 5.41) is 2.36. The van der Waals surface area contributed by atoms with E-state index in [0.29, 0.717) is 6.61 Å². The minimum absolute atomic E-state index is 0.103. The third-order valence-electron chi connectivity index (χ3n) is 3.15. The zero-order chi connectivity index (χ0) is 15.1. The molecule has 0 aliphatic carbocycles. The minimum Gasteiger partial charge on any atom is -0.445 e. The standard InChI is InChI=1S/C15H17F2NO3/c16-14(17)12(13-7-4-8-20-13)9-18-15(19)21-10-11-5-2-1-3-6-11/h1-7,12-14H,8-10H2,(H,18,19)/t12-,13+/m0/s1. The number of nitrogens with one attached hydrogen (secondary N) is 1. The van der Waals surface area contributed by atoms with Gasteiger partial charge in [0.25, 0.3) is 0 Å². The summed E-state index contributed by atoms with van der Waals surface area (Å²) < 4.78 is 36.0. The molecule has 0 aromatic heterocycles. The molecule has 6 heteroatoms. The van der Waals surface area contributed by atoms with Gasteiger partial charge in [-0.25, -0.2) is 13.6 Å². The Labute approximate surface area is 121 Å². The molecular weight excluding hydrogens is 280 g/mol. The highest BCUT2D eigenvalue weighted by Gasteiger charge is 2.31. The summed E-state index contributed by atoms with van der Waals surface area (Å²) in [4.78, 5) is 11.5. The fourth-order valence-electron chi connectivity index (χ4n) is 2.00. The lowest BCUT2D eigenvalue weighted by Gasteiger charge is -2.21. The van der Waals surface area contributed by atoms with Gasteiger partial charge in [0, 0.05) is 6.54 Å². The average molecular weight is 297 g/mol. The van der Waals surface area contributed by atoms with Gasteiger partial charge in [-0.1, -0.05) is 42.5 Å². The highest BCUT2D eigenvalue weighted by atomic mass is 19.3. The van der Waals surface area contributed by atoms with Crippen LogP contribution in [0.1, 0.15) is 5.56 Å². The molecule has 4 nitrogen and oxygen atoms in total. The van der Waals surface area contributed by atoms with Crippen molar-refractivity contribution in [1.29, 1.82) is 0 Å². The van der Waals surface area contributed by atoms with Crippen LogP contribution in [0.4, 0.5) is 13.6 Å². The molecule has 2 rings (SSSR count). The van der Waals surface area contributed by atoms with Crippen molar-refractivity contribution in [2.75, 3.05) is 13.2 Å². The van der Waals surface area contributed by atoms with Crippen molar-refractivity contribution in [1.82, 2.24) is 5.32 Å². The van der Waals surface area contributed by atoms with Crippen LogP contribution in [-0.4, -0.2) is 31.8 Å². The molecule has 0 saturated carbocycles. The van der Waals surface area contributed by atoms with Gasteiger partial charge in [-0.3, -0.25) is 0 Å². The summed E-state index contributed by atoms with van der Waals surface area (Å²) in [6, 6.07) is 9.13. The number of alkyl carbamates (subject to hydrolysis) is 1. The molecule has 0 bridgehead atoms. The van der Waals surface area contributed by atoms with Crippen LogP contribution < -0.4 is 5.32 Å². The smallest absolute Gasteiger partial charge is 0.407 e. The molecule has 1 N–H and O–H groups in total. The van der Waals surface area contributed by atoms with Crippen LogP contribution in [0.2, 0.25) is 0 Å². The highest BCUT2D eigenvalue weighted by Crippen LogP contribution is 2.20. The second-order valence-corrected chi connectivity index (χ2v) is 4.67.